The van der Waals surface area contributed by atoms with Crippen LogP contribution in [0.3, 0.4) is 0 Å². The fourth-order valence-electron chi connectivity index (χ4n) is 2.28. The first-order valence-corrected chi connectivity index (χ1v) is 6.61. The van der Waals surface area contributed by atoms with Gasteiger partial charge in [0.2, 0.25) is 5.91 Å². The third kappa shape index (κ3) is 2.95. The third-order valence-electron chi connectivity index (χ3n) is 3.77. The van der Waals surface area contributed by atoms with Crippen molar-refractivity contribution >= 4 is 11.8 Å². The standard InChI is InChI=1S/C15H20N2O2/c1-11-4-5-14(10-12(11)2)15(19)17-8-6-16(7-9-17)13(3)18/h4-5,10H,6-9H2,1-3H3. The average Bonchev–Trinajstić information content (AvgIpc) is 2.41. The lowest BCUT2D eigenvalue weighted by Gasteiger charge is -2.34. The van der Waals surface area contributed by atoms with Gasteiger partial charge >= 0.3 is 0 Å². The molecule has 0 aliphatic carbocycles. The van der Waals surface area contributed by atoms with Gasteiger partial charge < -0.3 is 9.80 Å². The number of carbonyl (C=O) groups is 2. The molecule has 0 unspecified atom stereocenters. The third-order valence-corrected chi connectivity index (χ3v) is 3.77. The molecule has 4 heteroatoms. The van der Waals surface area contributed by atoms with Crippen LogP contribution in [0.5, 0.6) is 0 Å². The molecule has 1 aromatic carbocycles. The average molecular weight is 260 g/mol. The first-order valence-electron chi connectivity index (χ1n) is 6.61. The predicted molar refractivity (Wildman–Crippen MR) is 74.1 cm³/mol. The van der Waals surface area contributed by atoms with Gasteiger partial charge in [-0.05, 0) is 37.1 Å². The van der Waals surface area contributed by atoms with Crippen molar-refractivity contribution in [1.29, 1.82) is 0 Å². The van der Waals surface area contributed by atoms with Crippen molar-refractivity contribution < 1.29 is 9.59 Å². The minimum atomic E-state index is 0.0614. The monoisotopic (exact) mass is 260 g/mol. The lowest BCUT2D eigenvalue weighted by molar-refractivity contribution is -0.130. The van der Waals surface area contributed by atoms with Gasteiger partial charge in [-0.25, -0.2) is 0 Å². The van der Waals surface area contributed by atoms with Gasteiger partial charge in [-0.3, -0.25) is 9.59 Å². The van der Waals surface area contributed by atoms with Crippen LogP contribution in [0.15, 0.2) is 18.2 Å². The van der Waals surface area contributed by atoms with Crippen molar-refractivity contribution in [3.05, 3.63) is 34.9 Å². The number of hydrogen-bond acceptors (Lipinski definition) is 2. The molecule has 2 amide bonds. The summed E-state index contributed by atoms with van der Waals surface area (Å²) in [5.74, 6) is 0.143. The van der Waals surface area contributed by atoms with Crippen LogP contribution in [-0.2, 0) is 4.79 Å². The molecule has 1 heterocycles. The molecule has 1 saturated heterocycles. The molecule has 1 aromatic rings. The highest BCUT2D eigenvalue weighted by atomic mass is 16.2. The van der Waals surface area contributed by atoms with Crippen LogP contribution < -0.4 is 0 Å². The summed E-state index contributed by atoms with van der Waals surface area (Å²) < 4.78 is 0. The molecule has 0 bridgehead atoms. The zero-order chi connectivity index (χ0) is 14.0. The van der Waals surface area contributed by atoms with E-state index in [1.54, 1.807) is 11.8 Å². The first-order chi connectivity index (χ1) is 8.99. The normalized spacial score (nSPS) is 15.5. The largest absolute Gasteiger partial charge is 0.339 e. The Morgan fingerprint density at radius 3 is 2.05 bits per heavy atom. The fraction of sp³-hybridized carbons (Fsp3) is 0.467. The molecular weight excluding hydrogens is 240 g/mol. The van der Waals surface area contributed by atoms with E-state index >= 15 is 0 Å². The summed E-state index contributed by atoms with van der Waals surface area (Å²) in [6.45, 7) is 8.12. The summed E-state index contributed by atoms with van der Waals surface area (Å²) in [6.07, 6.45) is 0. The van der Waals surface area contributed by atoms with Crippen LogP contribution in [0.1, 0.15) is 28.4 Å². The molecule has 2 rings (SSSR count). The zero-order valence-corrected chi connectivity index (χ0v) is 11.8. The number of carbonyl (C=O) groups excluding carboxylic acids is 2. The molecular formula is C15H20N2O2. The van der Waals surface area contributed by atoms with E-state index in [0.717, 1.165) is 11.1 Å². The van der Waals surface area contributed by atoms with Crippen LogP contribution in [0.4, 0.5) is 0 Å². The molecule has 0 N–H and O–H groups in total. The van der Waals surface area contributed by atoms with Gasteiger partial charge in [0.15, 0.2) is 0 Å². The second-order valence-electron chi connectivity index (χ2n) is 5.10. The molecule has 4 nitrogen and oxygen atoms in total. The van der Waals surface area contributed by atoms with Crippen LogP contribution >= 0.6 is 0 Å². The molecule has 1 aliphatic heterocycles. The number of piperazine rings is 1. The topological polar surface area (TPSA) is 40.6 Å². The number of aryl methyl sites for hydroxylation is 2. The van der Waals surface area contributed by atoms with E-state index in [-0.39, 0.29) is 11.8 Å². The van der Waals surface area contributed by atoms with Crippen LogP contribution in [-0.4, -0.2) is 47.8 Å². The first kappa shape index (κ1) is 13.6. The fourth-order valence-corrected chi connectivity index (χ4v) is 2.28. The maximum Gasteiger partial charge on any atom is 0.253 e. The summed E-state index contributed by atoms with van der Waals surface area (Å²) in [5.41, 5.74) is 3.06. The highest BCUT2D eigenvalue weighted by molar-refractivity contribution is 5.94. The van der Waals surface area contributed by atoms with Gasteiger partial charge in [0, 0.05) is 38.7 Å². The van der Waals surface area contributed by atoms with E-state index in [9.17, 15) is 9.59 Å². The maximum absolute atomic E-state index is 12.4. The lowest BCUT2D eigenvalue weighted by Crippen LogP contribution is -2.50. The summed E-state index contributed by atoms with van der Waals surface area (Å²) in [5, 5.41) is 0. The van der Waals surface area contributed by atoms with Gasteiger partial charge in [0.05, 0.1) is 0 Å². The molecule has 19 heavy (non-hydrogen) atoms. The van der Waals surface area contributed by atoms with Crippen LogP contribution in [0, 0.1) is 13.8 Å². The minimum absolute atomic E-state index is 0.0614. The Morgan fingerprint density at radius 2 is 1.53 bits per heavy atom. The van der Waals surface area contributed by atoms with E-state index in [1.165, 1.54) is 5.56 Å². The van der Waals surface area contributed by atoms with Gasteiger partial charge in [-0.15, -0.1) is 0 Å². The maximum atomic E-state index is 12.4. The van der Waals surface area contributed by atoms with Crippen molar-refractivity contribution in [3.8, 4) is 0 Å². The molecule has 0 radical (unpaired) electrons. The molecule has 1 fully saturated rings. The summed E-state index contributed by atoms with van der Waals surface area (Å²) in [7, 11) is 0. The van der Waals surface area contributed by atoms with Crippen LogP contribution in [0.25, 0.3) is 0 Å². The van der Waals surface area contributed by atoms with Gasteiger partial charge in [0.1, 0.15) is 0 Å². The van der Waals surface area contributed by atoms with Gasteiger partial charge in [-0.1, -0.05) is 6.07 Å². The number of benzene rings is 1. The van der Waals surface area contributed by atoms with E-state index in [2.05, 4.69) is 0 Å². The quantitative estimate of drug-likeness (QED) is 0.769. The molecule has 1 aliphatic rings. The van der Waals surface area contributed by atoms with Gasteiger partial charge in [-0.2, -0.15) is 0 Å². The lowest BCUT2D eigenvalue weighted by atomic mass is 10.1. The molecule has 0 atom stereocenters. The van der Waals surface area contributed by atoms with E-state index in [0.29, 0.717) is 26.2 Å². The Labute approximate surface area is 114 Å². The molecule has 0 aromatic heterocycles. The number of nitrogens with zero attached hydrogens (tertiary/aromatic N) is 2. The predicted octanol–water partition coefficient (Wildman–Crippen LogP) is 1.61. The van der Waals surface area contributed by atoms with Crippen molar-refractivity contribution in [2.24, 2.45) is 0 Å². The Hall–Kier alpha value is -1.84. The smallest absolute Gasteiger partial charge is 0.253 e. The summed E-state index contributed by atoms with van der Waals surface area (Å²) in [6, 6.07) is 5.80. The van der Waals surface area contributed by atoms with E-state index < -0.39 is 0 Å². The molecule has 102 valence electrons. The second-order valence-corrected chi connectivity index (χ2v) is 5.10. The number of amides is 2. The minimum Gasteiger partial charge on any atom is -0.339 e. The Morgan fingerprint density at radius 1 is 0.947 bits per heavy atom. The van der Waals surface area contributed by atoms with Crippen molar-refractivity contribution in [1.82, 2.24) is 9.80 Å². The SMILES string of the molecule is CC(=O)N1CCN(C(=O)c2ccc(C)c(C)c2)CC1. The van der Waals surface area contributed by atoms with Crippen molar-refractivity contribution in [2.75, 3.05) is 26.2 Å². The Kier molecular flexibility index (Phi) is 3.88. The molecule has 0 spiro atoms. The number of hydrogen-bond donors (Lipinski definition) is 0. The summed E-state index contributed by atoms with van der Waals surface area (Å²) >= 11 is 0. The van der Waals surface area contributed by atoms with Crippen LogP contribution in [0.2, 0.25) is 0 Å². The highest BCUT2D eigenvalue weighted by Gasteiger charge is 2.23. The van der Waals surface area contributed by atoms with Crippen molar-refractivity contribution in [2.45, 2.75) is 20.8 Å². The Balaban J connectivity index is 2.05. The van der Waals surface area contributed by atoms with Gasteiger partial charge in [0.25, 0.3) is 5.91 Å². The number of rotatable bonds is 1. The highest BCUT2D eigenvalue weighted by Crippen LogP contribution is 2.13. The zero-order valence-electron chi connectivity index (χ0n) is 11.8. The second kappa shape index (κ2) is 5.43. The van der Waals surface area contributed by atoms with Crippen molar-refractivity contribution in [3.63, 3.8) is 0 Å². The summed E-state index contributed by atoms with van der Waals surface area (Å²) in [4.78, 5) is 27.2. The Bertz CT molecular complexity index is 503. The molecule has 0 saturated carbocycles. The van der Waals surface area contributed by atoms with E-state index in [4.69, 9.17) is 0 Å². The van der Waals surface area contributed by atoms with E-state index in [1.807, 2.05) is 36.9 Å².